The summed E-state index contributed by atoms with van der Waals surface area (Å²) >= 11 is 0. The molecule has 2 N–H and O–H groups in total. The van der Waals surface area contributed by atoms with Gasteiger partial charge in [0.2, 0.25) is 11.8 Å². The van der Waals surface area contributed by atoms with E-state index in [0.717, 1.165) is 64.9 Å². The van der Waals surface area contributed by atoms with Gasteiger partial charge in [-0.1, -0.05) is 18.2 Å². The van der Waals surface area contributed by atoms with Crippen molar-refractivity contribution in [1.29, 1.82) is 0 Å². The van der Waals surface area contributed by atoms with Crippen molar-refractivity contribution in [1.82, 2.24) is 25.3 Å². The number of hydrogen-bond acceptors (Lipinski definition) is 6. The van der Waals surface area contributed by atoms with Crippen LogP contribution >= 0.6 is 0 Å². The molecule has 5 rings (SSSR count). The number of carbonyl (C=O) groups excluding carboxylic acids is 2. The maximum atomic E-state index is 12.3. The van der Waals surface area contributed by atoms with E-state index in [4.69, 9.17) is 0 Å². The first-order valence-corrected chi connectivity index (χ1v) is 10.5. The molecule has 4 heterocycles. The molecule has 3 fully saturated rings. The molecule has 0 bridgehead atoms. The predicted molar refractivity (Wildman–Crippen MR) is 105 cm³/mol. The lowest BCUT2D eigenvalue weighted by Gasteiger charge is -2.43. The fraction of sp³-hybridized carbons (Fsp3) is 0.619. The van der Waals surface area contributed by atoms with Crippen LogP contribution in [0, 0.1) is 0 Å². The predicted octanol–water partition coefficient (Wildman–Crippen LogP) is -0.103. The van der Waals surface area contributed by atoms with Crippen molar-refractivity contribution >= 4 is 11.8 Å². The van der Waals surface area contributed by atoms with Crippen molar-refractivity contribution in [3.8, 4) is 0 Å². The van der Waals surface area contributed by atoms with Crippen molar-refractivity contribution in [3.05, 3.63) is 34.9 Å². The van der Waals surface area contributed by atoms with Gasteiger partial charge < -0.3 is 5.32 Å². The van der Waals surface area contributed by atoms with Crippen LogP contribution < -0.4 is 10.6 Å². The zero-order chi connectivity index (χ0) is 19.1. The van der Waals surface area contributed by atoms with Gasteiger partial charge in [0.15, 0.2) is 0 Å². The van der Waals surface area contributed by atoms with Gasteiger partial charge in [-0.15, -0.1) is 0 Å². The number of rotatable bonds is 4. The highest BCUT2D eigenvalue weighted by Crippen LogP contribution is 2.30. The Kier molecular flexibility index (Phi) is 4.92. The lowest BCUT2D eigenvalue weighted by atomic mass is 10.0. The molecule has 0 saturated carbocycles. The highest BCUT2D eigenvalue weighted by molar-refractivity contribution is 6.00. The van der Waals surface area contributed by atoms with Gasteiger partial charge in [0, 0.05) is 71.4 Å². The van der Waals surface area contributed by atoms with E-state index in [2.05, 4.69) is 43.5 Å². The number of benzene rings is 1. The third-order valence-corrected chi connectivity index (χ3v) is 6.83. The summed E-state index contributed by atoms with van der Waals surface area (Å²) < 4.78 is 0. The van der Waals surface area contributed by atoms with Gasteiger partial charge in [-0.2, -0.15) is 0 Å². The van der Waals surface area contributed by atoms with E-state index >= 15 is 0 Å². The fourth-order valence-electron chi connectivity index (χ4n) is 4.98. The Morgan fingerprint density at radius 3 is 2.54 bits per heavy atom. The van der Waals surface area contributed by atoms with E-state index in [1.54, 1.807) is 0 Å². The summed E-state index contributed by atoms with van der Waals surface area (Å²) in [6, 6.07) is 7.14. The van der Waals surface area contributed by atoms with E-state index in [9.17, 15) is 9.59 Å². The fourth-order valence-corrected chi connectivity index (χ4v) is 4.98. The van der Waals surface area contributed by atoms with Gasteiger partial charge >= 0.3 is 0 Å². The largest absolute Gasteiger partial charge is 0.314 e. The Hall–Kier alpha value is -1.80. The number of piperazine rings is 1. The first kappa shape index (κ1) is 18.2. The first-order valence-electron chi connectivity index (χ1n) is 10.5. The molecule has 28 heavy (non-hydrogen) atoms. The van der Waals surface area contributed by atoms with Crippen LogP contribution in [0.25, 0.3) is 0 Å². The van der Waals surface area contributed by atoms with Crippen LogP contribution in [-0.4, -0.2) is 77.9 Å². The number of fused-ring (bicyclic) bond motifs is 1. The molecule has 3 saturated heterocycles. The van der Waals surface area contributed by atoms with E-state index in [-0.39, 0.29) is 17.9 Å². The van der Waals surface area contributed by atoms with Gasteiger partial charge in [0.25, 0.3) is 0 Å². The molecule has 4 aliphatic rings. The molecular weight excluding hydrogens is 354 g/mol. The van der Waals surface area contributed by atoms with Crippen LogP contribution in [-0.2, 0) is 29.2 Å². The summed E-state index contributed by atoms with van der Waals surface area (Å²) in [6.45, 7) is 9.44. The van der Waals surface area contributed by atoms with E-state index in [1.807, 2.05) is 0 Å². The van der Waals surface area contributed by atoms with E-state index in [1.165, 1.54) is 16.7 Å². The Morgan fingerprint density at radius 1 is 1.00 bits per heavy atom. The monoisotopic (exact) mass is 383 g/mol. The number of amides is 2. The van der Waals surface area contributed by atoms with E-state index in [0.29, 0.717) is 12.8 Å². The molecule has 1 aromatic rings. The number of nitrogens with zero attached hydrogens (tertiary/aromatic N) is 3. The molecular formula is C21H29N5O2. The minimum absolute atomic E-state index is 0.132. The summed E-state index contributed by atoms with van der Waals surface area (Å²) in [5.74, 6) is -0.275. The Labute approximate surface area is 166 Å². The number of nitrogens with one attached hydrogen (secondary N) is 2. The van der Waals surface area contributed by atoms with Crippen LogP contribution in [0.3, 0.4) is 0 Å². The summed E-state index contributed by atoms with van der Waals surface area (Å²) in [4.78, 5) is 31.1. The molecule has 150 valence electrons. The second-order valence-corrected chi connectivity index (χ2v) is 8.55. The third-order valence-electron chi connectivity index (χ3n) is 6.83. The van der Waals surface area contributed by atoms with Crippen LogP contribution in [0.4, 0.5) is 0 Å². The average Bonchev–Trinajstić information content (AvgIpc) is 3.07. The summed E-state index contributed by atoms with van der Waals surface area (Å²) in [7, 11) is 0. The highest BCUT2D eigenvalue weighted by atomic mass is 16.2. The Bertz CT molecular complexity index is 770. The topological polar surface area (TPSA) is 67.9 Å². The summed E-state index contributed by atoms with van der Waals surface area (Å²) in [5.41, 5.74) is 4.12. The van der Waals surface area contributed by atoms with Crippen molar-refractivity contribution in [2.75, 3.05) is 39.3 Å². The Morgan fingerprint density at radius 2 is 1.82 bits per heavy atom. The lowest BCUT2D eigenvalue weighted by Crippen LogP contribution is -2.61. The standard InChI is InChI=1S/C21H29N5O2/c27-20-5-4-19(21(28)23-20)26-13-16-3-1-2-15(18(16)14-26)12-24-6-8-25(9-7-24)17-10-22-11-17/h1-3,17,19,22H,4-14H2,(H,23,27,28). The molecule has 7 heteroatoms. The summed E-state index contributed by atoms with van der Waals surface area (Å²) in [5, 5.41) is 5.87. The smallest absolute Gasteiger partial charge is 0.243 e. The average molecular weight is 383 g/mol. The quantitative estimate of drug-likeness (QED) is 0.708. The normalized spacial score (nSPS) is 27.5. The Balaban J connectivity index is 1.22. The molecule has 0 spiro atoms. The van der Waals surface area contributed by atoms with Crippen LogP contribution in [0.5, 0.6) is 0 Å². The number of carbonyl (C=O) groups is 2. The second-order valence-electron chi connectivity index (χ2n) is 8.55. The molecule has 7 nitrogen and oxygen atoms in total. The molecule has 1 atom stereocenters. The van der Waals surface area contributed by atoms with Gasteiger partial charge in [0.05, 0.1) is 6.04 Å². The molecule has 1 aromatic carbocycles. The number of piperidine rings is 1. The second kappa shape index (κ2) is 7.55. The molecule has 0 aromatic heterocycles. The minimum Gasteiger partial charge on any atom is -0.314 e. The van der Waals surface area contributed by atoms with Crippen LogP contribution in [0.15, 0.2) is 18.2 Å². The molecule has 0 radical (unpaired) electrons. The third kappa shape index (κ3) is 3.48. The van der Waals surface area contributed by atoms with Crippen molar-refractivity contribution in [2.45, 2.75) is 44.6 Å². The SMILES string of the molecule is O=C1CCC(N2Cc3cccc(CN4CCN(C5CNC5)CC4)c3C2)C(=O)N1. The van der Waals surface area contributed by atoms with Gasteiger partial charge in [-0.25, -0.2) is 0 Å². The highest BCUT2D eigenvalue weighted by Gasteiger charge is 2.35. The van der Waals surface area contributed by atoms with Crippen molar-refractivity contribution < 1.29 is 9.59 Å². The van der Waals surface area contributed by atoms with Crippen molar-refractivity contribution in [2.24, 2.45) is 0 Å². The zero-order valence-electron chi connectivity index (χ0n) is 16.3. The van der Waals surface area contributed by atoms with Crippen LogP contribution in [0.1, 0.15) is 29.5 Å². The molecule has 2 amide bonds. The van der Waals surface area contributed by atoms with Crippen molar-refractivity contribution in [3.63, 3.8) is 0 Å². The van der Waals surface area contributed by atoms with Gasteiger partial charge in [0.1, 0.15) is 0 Å². The maximum absolute atomic E-state index is 12.3. The number of imide groups is 1. The lowest BCUT2D eigenvalue weighted by molar-refractivity contribution is -0.137. The zero-order valence-corrected chi connectivity index (χ0v) is 16.3. The number of hydrogen-bond donors (Lipinski definition) is 2. The molecule has 1 unspecified atom stereocenters. The molecule has 0 aliphatic carbocycles. The van der Waals surface area contributed by atoms with Crippen LogP contribution in [0.2, 0.25) is 0 Å². The van der Waals surface area contributed by atoms with Gasteiger partial charge in [-0.05, 0) is 23.1 Å². The first-order chi connectivity index (χ1) is 13.7. The minimum atomic E-state index is -0.183. The molecule has 4 aliphatic heterocycles. The maximum Gasteiger partial charge on any atom is 0.243 e. The van der Waals surface area contributed by atoms with E-state index < -0.39 is 0 Å². The van der Waals surface area contributed by atoms with Gasteiger partial charge in [-0.3, -0.25) is 29.6 Å². The summed E-state index contributed by atoms with van der Waals surface area (Å²) in [6.07, 6.45) is 1.07.